The molecule has 0 aliphatic heterocycles. The Bertz CT molecular complexity index is 332. The van der Waals surface area contributed by atoms with E-state index in [2.05, 4.69) is 25.7 Å². The standard InChI is InChI=1S/C14H20O2/c1-4-11-8-12-6-5-7-13(16-10(2)15)14(12,3)9-11/h4-6,11-13H,1,7-9H2,2-3H3/t11-,12+,13?,14+/m0/s1. The zero-order valence-electron chi connectivity index (χ0n) is 10.1. The van der Waals surface area contributed by atoms with E-state index in [1.165, 1.54) is 6.92 Å². The summed E-state index contributed by atoms with van der Waals surface area (Å²) in [6, 6.07) is 0. The van der Waals surface area contributed by atoms with Crippen LogP contribution in [0.2, 0.25) is 0 Å². The molecular formula is C14H20O2. The number of ether oxygens (including phenoxy) is 1. The fourth-order valence-electron chi connectivity index (χ4n) is 3.26. The van der Waals surface area contributed by atoms with Crippen LogP contribution in [0.25, 0.3) is 0 Å². The molecule has 0 aromatic carbocycles. The van der Waals surface area contributed by atoms with Crippen molar-refractivity contribution in [3.63, 3.8) is 0 Å². The molecule has 0 aromatic rings. The second kappa shape index (κ2) is 4.08. The van der Waals surface area contributed by atoms with Crippen molar-refractivity contribution in [2.24, 2.45) is 17.3 Å². The van der Waals surface area contributed by atoms with E-state index in [1.807, 2.05) is 6.08 Å². The number of esters is 1. The van der Waals surface area contributed by atoms with Crippen LogP contribution in [0.5, 0.6) is 0 Å². The average Bonchev–Trinajstić information content (AvgIpc) is 2.56. The molecule has 2 rings (SSSR count). The van der Waals surface area contributed by atoms with Crippen molar-refractivity contribution in [2.75, 3.05) is 0 Å². The van der Waals surface area contributed by atoms with Gasteiger partial charge in [-0.05, 0) is 24.7 Å². The Hall–Kier alpha value is -1.05. The van der Waals surface area contributed by atoms with Gasteiger partial charge in [-0.3, -0.25) is 4.79 Å². The number of fused-ring (bicyclic) bond motifs is 1. The van der Waals surface area contributed by atoms with E-state index in [-0.39, 0.29) is 17.5 Å². The second-order valence-electron chi connectivity index (χ2n) is 5.31. The minimum atomic E-state index is -0.165. The summed E-state index contributed by atoms with van der Waals surface area (Å²) in [6.45, 7) is 7.63. The van der Waals surface area contributed by atoms with Gasteiger partial charge in [-0.1, -0.05) is 25.2 Å². The fraction of sp³-hybridized carbons (Fsp3) is 0.643. The summed E-state index contributed by atoms with van der Waals surface area (Å²) in [6.07, 6.45) is 9.63. The molecule has 1 fully saturated rings. The molecule has 0 amide bonds. The van der Waals surface area contributed by atoms with Gasteiger partial charge in [0.05, 0.1) is 0 Å². The Morgan fingerprint density at radius 2 is 2.38 bits per heavy atom. The molecule has 1 unspecified atom stereocenters. The summed E-state index contributed by atoms with van der Waals surface area (Å²) in [5.74, 6) is 0.937. The van der Waals surface area contributed by atoms with Crippen molar-refractivity contribution in [1.82, 2.24) is 0 Å². The van der Waals surface area contributed by atoms with Gasteiger partial charge in [0.2, 0.25) is 0 Å². The normalized spacial score (nSPS) is 41.5. The first kappa shape index (κ1) is 11.4. The van der Waals surface area contributed by atoms with Gasteiger partial charge in [-0.2, -0.15) is 0 Å². The smallest absolute Gasteiger partial charge is 0.302 e. The molecule has 0 aromatic heterocycles. The zero-order chi connectivity index (χ0) is 11.8. The van der Waals surface area contributed by atoms with Crippen molar-refractivity contribution in [1.29, 1.82) is 0 Å². The van der Waals surface area contributed by atoms with Crippen molar-refractivity contribution in [3.8, 4) is 0 Å². The van der Waals surface area contributed by atoms with Gasteiger partial charge < -0.3 is 4.74 Å². The quantitative estimate of drug-likeness (QED) is 0.528. The van der Waals surface area contributed by atoms with E-state index in [4.69, 9.17) is 4.74 Å². The zero-order valence-corrected chi connectivity index (χ0v) is 10.1. The highest BCUT2D eigenvalue weighted by atomic mass is 16.5. The SMILES string of the molecule is C=C[C@H]1C[C@H]2C=CCC(OC(C)=O)[C@]2(C)C1. The third kappa shape index (κ3) is 1.81. The lowest BCUT2D eigenvalue weighted by Crippen LogP contribution is -2.40. The molecule has 2 aliphatic rings. The lowest BCUT2D eigenvalue weighted by atomic mass is 9.70. The van der Waals surface area contributed by atoms with Crippen LogP contribution in [0.3, 0.4) is 0 Å². The molecule has 16 heavy (non-hydrogen) atoms. The first-order valence-electron chi connectivity index (χ1n) is 6.02. The Morgan fingerprint density at radius 1 is 1.62 bits per heavy atom. The van der Waals surface area contributed by atoms with Crippen LogP contribution in [0.1, 0.15) is 33.1 Å². The van der Waals surface area contributed by atoms with Crippen LogP contribution in [-0.2, 0) is 9.53 Å². The molecule has 2 heteroatoms. The van der Waals surface area contributed by atoms with E-state index < -0.39 is 0 Å². The highest BCUT2D eigenvalue weighted by molar-refractivity contribution is 5.66. The highest BCUT2D eigenvalue weighted by Crippen LogP contribution is 2.53. The van der Waals surface area contributed by atoms with Gasteiger partial charge >= 0.3 is 5.97 Å². The lowest BCUT2D eigenvalue weighted by molar-refractivity contribution is -0.154. The Balaban J connectivity index is 2.20. The number of allylic oxidation sites excluding steroid dienone is 2. The van der Waals surface area contributed by atoms with Gasteiger partial charge in [0.1, 0.15) is 6.10 Å². The maximum absolute atomic E-state index is 11.1. The Kier molecular flexibility index (Phi) is 2.92. The molecular weight excluding hydrogens is 200 g/mol. The predicted octanol–water partition coefficient (Wildman–Crippen LogP) is 3.10. The van der Waals surface area contributed by atoms with Crippen LogP contribution < -0.4 is 0 Å². The fourth-order valence-corrected chi connectivity index (χ4v) is 3.26. The first-order valence-corrected chi connectivity index (χ1v) is 6.02. The molecule has 1 saturated carbocycles. The van der Waals surface area contributed by atoms with Gasteiger partial charge in [0, 0.05) is 18.8 Å². The number of carbonyl (C=O) groups excluding carboxylic acids is 1. The molecule has 0 bridgehead atoms. The van der Waals surface area contributed by atoms with Crippen LogP contribution in [0.15, 0.2) is 24.8 Å². The number of hydrogen-bond acceptors (Lipinski definition) is 2. The van der Waals surface area contributed by atoms with Gasteiger partial charge in [-0.25, -0.2) is 0 Å². The third-order valence-electron chi connectivity index (χ3n) is 4.20. The molecule has 0 radical (unpaired) electrons. The van der Waals surface area contributed by atoms with Crippen LogP contribution in [0, 0.1) is 17.3 Å². The molecule has 2 nitrogen and oxygen atoms in total. The molecule has 0 N–H and O–H groups in total. The van der Waals surface area contributed by atoms with Crippen molar-refractivity contribution in [3.05, 3.63) is 24.8 Å². The maximum Gasteiger partial charge on any atom is 0.302 e. The highest BCUT2D eigenvalue weighted by Gasteiger charge is 2.49. The predicted molar refractivity (Wildman–Crippen MR) is 63.8 cm³/mol. The summed E-state index contributed by atoms with van der Waals surface area (Å²) in [4.78, 5) is 11.1. The summed E-state index contributed by atoms with van der Waals surface area (Å²) in [5, 5.41) is 0. The van der Waals surface area contributed by atoms with E-state index in [0.29, 0.717) is 11.8 Å². The second-order valence-corrected chi connectivity index (χ2v) is 5.31. The summed E-state index contributed by atoms with van der Waals surface area (Å²) >= 11 is 0. The monoisotopic (exact) mass is 220 g/mol. The Labute approximate surface area is 97.4 Å². The molecule has 0 heterocycles. The van der Waals surface area contributed by atoms with Crippen LogP contribution >= 0.6 is 0 Å². The Morgan fingerprint density at radius 3 is 3.00 bits per heavy atom. The van der Waals surface area contributed by atoms with Gasteiger partial charge in [-0.15, -0.1) is 6.58 Å². The van der Waals surface area contributed by atoms with Gasteiger partial charge in [0.25, 0.3) is 0 Å². The molecule has 0 spiro atoms. The number of carbonyl (C=O) groups is 1. The van der Waals surface area contributed by atoms with Crippen LogP contribution in [0.4, 0.5) is 0 Å². The van der Waals surface area contributed by atoms with E-state index in [0.717, 1.165) is 19.3 Å². The third-order valence-corrected chi connectivity index (χ3v) is 4.20. The summed E-state index contributed by atoms with van der Waals surface area (Å²) in [7, 11) is 0. The average molecular weight is 220 g/mol. The summed E-state index contributed by atoms with van der Waals surface area (Å²) in [5.41, 5.74) is 0.110. The number of hydrogen-bond donors (Lipinski definition) is 0. The maximum atomic E-state index is 11.1. The molecule has 4 atom stereocenters. The van der Waals surface area contributed by atoms with Crippen molar-refractivity contribution in [2.45, 2.75) is 39.2 Å². The summed E-state index contributed by atoms with van der Waals surface area (Å²) < 4.78 is 5.48. The topological polar surface area (TPSA) is 26.3 Å². The minimum absolute atomic E-state index is 0.0462. The molecule has 88 valence electrons. The van der Waals surface area contributed by atoms with Gasteiger partial charge in [0.15, 0.2) is 0 Å². The van der Waals surface area contributed by atoms with Crippen molar-refractivity contribution >= 4 is 5.97 Å². The largest absolute Gasteiger partial charge is 0.462 e. The van der Waals surface area contributed by atoms with Crippen molar-refractivity contribution < 1.29 is 9.53 Å². The minimum Gasteiger partial charge on any atom is -0.462 e. The van der Waals surface area contributed by atoms with Crippen LogP contribution in [-0.4, -0.2) is 12.1 Å². The van der Waals surface area contributed by atoms with E-state index in [1.54, 1.807) is 0 Å². The van der Waals surface area contributed by atoms with E-state index >= 15 is 0 Å². The molecule has 2 aliphatic carbocycles. The molecule has 0 saturated heterocycles. The first-order chi connectivity index (χ1) is 7.56. The lowest BCUT2D eigenvalue weighted by Gasteiger charge is -2.39. The number of rotatable bonds is 2. The van der Waals surface area contributed by atoms with E-state index in [9.17, 15) is 4.79 Å².